The molecule has 2 aromatic carbocycles. The van der Waals surface area contributed by atoms with Crippen molar-refractivity contribution in [1.29, 1.82) is 0 Å². The first-order valence-electron chi connectivity index (χ1n) is 10.5. The third-order valence-corrected chi connectivity index (χ3v) is 6.54. The minimum atomic E-state index is -0.00492. The Labute approximate surface area is 177 Å². The maximum Gasteiger partial charge on any atom is 0.255 e. The van der Waals surface area contributed by atoms with E-state index in [0.29, 0.717) is 6.54 Å². The number of carbonyl (C=O) groups excluding carboxylic acids is 1. The van der Waals surface area contributed by atoms with Crippen molar-refractivity contribution in [3.8, 4) is 17.0 Å². The summed E-state index contributed by atoms with van der Waals surface area (Å²) in [6.45, 7) is 7.29. The van der Waals surface area contributed by atoms with Gasteiger partial charge in [-0.3, -0.25) is 9.89 Å². The van der Waals surface area contributed by atoms with Gasteiger partial charge in [-0.05, 0) is 60.6 Å². The zero-order valence-electron chi connectivity index (χ0n) is 18.0. The van der Waals surface area contributed by atoms with Gasteiger partial charge in [-0.2, -0.15) is 5.10 Å². The molecule has 2 aliphatic rings. The van der Waals surface area contributed by atoms with Gasteiger partial charge in [-0.25, -0.2) is 0 Å². The Morgan fingerprint density at radius 1 is 1.13 bits per heavy atom. The molecule has 0 bridgehead atoms. The third kappa shape index (κ3) is 3.00. The summed E-state index contributed by atoms with van der Waals surface area (Å²) >= 11 is 0. The molecule has 154 valence electrons. The molecule has 0 spiro atoms. The lowest BCUT2D eigenvalue weighted by molar-refractivity contribution is 0.0716. The maximum absolute atomic E-state index is 13.1. The van der Waals surface area contributed by atoms with E-state index in [9.17, 15) is 4.79 Å². The lowest BCUT2D eigenvalue weighted by Crippen LogP contribution is -2.27. The van der Waals surface area contributed by atoms with Crippen LogP contribution in [-0.4, -0.2) is 28.1 Å². The van der Waals surface area contributed by atoms with E-state index in [1.54, 1.807) is 7.11 Å². The van der Waals surface area contributed by atoms with E-state index in [1.807, 2.05) is 41.3 Å². The van der Waals surface area contributed by atoms with Crippen molar-refractivity contribution in [3.63, 3.8) is 0 Å². The van der Waals surface area contributed by atoms with Gasteiger partial charge in [0.25, 0.3) is 5.91 Å². The van der Waals surface area contributed by atoms with E-state index in [-0.39, 0.29) is 17.4 Å². The second-order valence-electron chi connectivity index (χ2n) is 9.30. The summed E-state index contributed by atoms with van der Waals surface area (Å²) in [4.78, 5) is 15.0. The van der Waals surface area contributed by atoms with Crippen LogP contribution in [0.25, 0.3) is 11.3 Å². The smallest absolute Gasteiger partial charge is 0.255 e. The van der Waals surface area contributed by atoms with E-state index in [1.165, 1.54) is 11.3 Å². The molecule has 1 aliphatic carbocycles. The second kappa shape index (κ2) is 6.73. The Balaban J connectivity index is 1.42. The molecular weight excluding hydrogens is 374 g/mol. The van der Waals surface area contributed by atoms with Crippen LogP contribution in [0.5, 0.6) is 5.75 Å². The second-order valence-corrected chi connectivity index (χ2v) is 9.30. The van der Waals surface area contributed by atoms with Crippen molar-refractivity contribution in [2.45, 2.75) is 46.2 Å². The minimum Gasteiger partial charge on any atom is -0.497 e. The van der Waals surface area contributed by atoms with Crippen LogP contribution in [0.15, 0.2) is 42.5 Å². The SMILES string of the molecule is COc1ccc([C@@H](C)N2Cc3cc(-c4n[nH]c5c4CC(C)(C)C5)ccc3C2=O)cc1. The number of fused-ring (bicyclic) bond motifs is 2. The molecule has 5 rings (SSSR count). The maximum atomic E-state index is 13.1. The van der Waals surface area contributed by atoms with Gasteiger partial charge in [0.05, 0.1) is 18.8 Å². The number of nitrogens with one attached hydrogen (secondary N) is 1. The average molecular weight is 402 g/mol. The van der Waals surface area contributed by atoms with Crippen molar-refractivity contribution in [2.24, 2.45) is 5.41 Å². The highest BCUT2D eigenvalue weighted by molar-refractivity contribution is 5.99. The molecule has 5 heteroatoms. The fourth-order valence-electron chi connectivity index (χ4n) is 4.86. The minimum absolute atomic E-state index is 0.00492. The lowest BCUT2D eigenvalue weighted by Gasteiger charge is -2.24. The Kier molecular flexibility index (Phi) is 4.24. The zero-order chi connectivity index (χ0) is 21.0. The molecule has 1 aliphatic heterocycles. The number of benzene rings is 2. The number of nitrogens with zero attached hydrogens (tertiary/aromatic N) is 2. The quantitative estimate of drug-likeness (QED) is 0.675. The first kappa shape index (κ1) is 18.9. The molecule has 0 fully saturated rings. The first-order valence-corrected chi connectivity index (χ1v) is 10.5. The molecule has 0 saturated heterocycles. The molecule has 0 saturated carbocycles. The van der Waals surface area contributed by atoms with Gasteiger partial charge >= 0.3 is 0 Å². The van der Waals surface area contributed by atoms with Crippen LogP contribution in [0.4, 0.5) is 0 Å². The van der Waals surface area contributed by atoms with Crippen LogP contribution in [0.2, 0.25) is 0 Å². The number of rotatable bonds is 4. The van der Waals surface area contributed by atoms with E-state index in [2.05, 4.69) is 37.0 Å². The normalized spacial score (nSPS) is 17.7. The summed E-state index contributed by atoms with van der Waals surface area (Å²) in [5, 5.41) is 7.84. The van der Waals surface area contributed by atoms with Gasteiger partial charge in [-0.1, -0.05) is 32.0 Å². The van der Waals surface area contributed by atoms with Crippen molar-refractivity contribution in [2.75, 3.05) is 7.11 Å². The number of hydrogen-bond acceptors (Lipinski definition) is 3. The molecule has 30 heavy (non-hydrogen) atoms. The van der Waals surface area contributed by atoms with E-state index in [0.717, 1.165) is 46.5 Å². The van der Waals surface area contributed by atoms with Crippen LogP contribution in [-0.2, 0) is 19.4 Å². The number of hydrogen-bond donors (Lipinski definition) is 1. The van der Waals surface area contributed by atoms with Gasteiger partial charge in [-0.15, -0.1) is 0 Å². The standard InChI is InChI=1S/C25H27N3O2/c1-15(16-5-8-19(30-4)9-6-16)28-14-18-11-17(7-10-20(18)24(28)29)23-21-12-25(2,3)13-22(21)26-27-23/h5-11,15H,12-14H2,1-4H3,(H,26,27)/t15-/m1/s1. The number of ether oxygens (including phenoxy) is 1. The summed E-state index contributed by atoms with van der Waals surface area (Å²) < 4.78 is 5.25. The molecule has 1 N–H and O–H groups in total. The first-order chi connectivity index (χ1) is 14.4. The summed E-state index contributed by atoms with van der Waals surface area (Å²) in [5.74, 6) is 0.912. The molecule has 0 unspecified atom stereocenters. The van der Waals surface area contributed by atoms with Crippen molar-refractivity contribution < 1.29 is 9.53 Å². The van der Waals surface area contributed by atoms with Crippen LogP contribution in [0.3, 0.4) is 0 Å². The van der Waals surface area contributed by atoms with E-state index in [4.69, 9.17) is 4.74 Å². The Hall–Kier alpha value is -3.08. The van der Waals surface area contributed by atoms with Crippen molar-refractivity contribution in [1.82, 2.24) is 15.1 Å². The average Bonchev–Trinajstić information content (AvgIpc) is 3.36. The van der Waals surface area contributed by atoms with E-state index >= 15 is 0 Å². The van der Waals surface area contributed by atoms with Gasteiger partial charge in [0.1, 0.15) is 5.75 Å². The Morgan fingerprint density at radius 2 is 1.90 bits per heavy atom. The molecule has 2 heterocycles. The molecule has 3 aromatic rings. The molecule has 5 nitrogen and oxygen atoms in total. The fraction of sp³-hybridized carbons (Fsp3) is 0.360. The highest BCUT2D eigenvalue weighted by Gasteiger charge is 2.34. The van der Waals surface area contributed by atoms with Crippen molar-refractivity contribution >= 4 is 5.91 Å². The van der Waals surface area contributed by atoms with Crippen LogP contribution in [0.1, 0.15) is 59.6 Å². The molecule has 1 atom stereocenters. The predicted molar refractivity (Wildman–Crippen MR) is 116 cm³/mol. The van der Waals surface area contributed by atoms with E-state index < -0.39 is 0 Å². The number of methoxy groups -OCH3 is 1. The number of aromatic amines is 1. The molecule has 0 radical (unpaired) electrons. The van der Waals surface area contributed by atoms with Crippen LogP contribution in [0, 0.1) is 5.41 Å². The van der Waals surface area contributed by atoms with Gasteiger partial charge < -0.3 is 9.64 Å². The summed E-state index contributed by atoms with van der Waals surface area (Å²) in [6, 6.07) is 14.1. The topological polar surface area (TPSA) is 58.2 Å². The number of aromatic nitrogens is 2. The highest BCUT2D eigenvalue weighted by Crippen LogP contribution is 2.41. The van der Waals surface area contributed by atoms with Gasteiger partial charge in [0.2, 0.25) is 0 Å². The molecule has 1 amide bonds. The number of amides is 1. The highest BCUT2D eigenvalue weighted by atomic mass is 16.5. The predicted octanol–water partition coefficient (Wildman–Crippen LogP) is 4.93. The Morgan fingerprint density at radius 3 is 2.63 bits per heavy atom. The number of carbonyl (C=O) groups is 1. The van der Waals surface area contributed by atoms with Crippen molar-refractivity contribution in [3.05, 3.63) is 70.4 Å². The summed E-state index contributed by atoms with van der Waals surface area (Å²) in [7, 11) is 1.66. The lowest BCUT2D eigenvalue weighted by atomic mass is 9.90. The van der Waals surface area contributed by atoms with Gasteiger partial charge in [0, 0.05) is 28.9 Å². The number of H-pyrrole nitrogens is 1. The Bertz CT molecular complexity index is 1130. The third-order valence-electron chi connectivity index (χ3n) is 6.54. The molecule has 1 aromatic heterocycles. The van der Waals surface area contributed by atoms with Crippen LogP contribution < -0.4 is 4.74 Å². The monoisotopic (exact) mass is 401 g/mol. The zero-order valence-corrected chi connectivity index (χ0v) is 18.0. The largest absolute Gasteiger partial charge is 0.497 e. The van der Waals surface area contributed by atoms with Gasteiger partial charge in [0.15, 0.2) is 0 Å². The molecular formula is C25H27N3O2. The summed E-state index contributed by atoms with van der Waals surface area (Å²) in [5.41, 5.74) is 7.95. The van der Waals surface area contributed by atoms with Crippen LogP contribution >= 0.6 is 0 Å². The fourth-order valence-corrected chi connectivity index (χ4v) is 4.86. The summed E-state index contributed by atoms with van der Waals surface area (Å²) in [6.07, 6.45) is 2.07.